The molecule has 1 spiro atoms. The van der Waals surface area contributed by atoms with Crippen molar-refractivity contribution in [3.63, 3.8) is 0 Å². The van der Waals surface area contributed by atoms with Gasteiger partial charge in [-0.05, 0) is 24.7 Å². The van der Waals surface area contributed by atoms with Crippen LogP contribution >= 0.6 is 0 Å². The summed E-state index contributed by atoms with van der Waals surface area (Å²) < 4.78 is 0. The molecule has 2 saturated heterocycles. The summed E-state index contributed by atoms with van der Waals surface area (Å²) in [7, 11) is 0. The molecule has 1 saturated carbocycles. The number of hydroxylamine groups is 2. The van der Waals surface area contributed by atoms with Crippen molar-refractivity contribution < 1.29 is 10.0 Å². The Morgan fingerprint density at radius 3 is 2.82 bits per heavy atom. The van der Waals surface area contributed by atoms with Crippen LogP contribution in [0.4, 0.5) is 0 Å². The minimum absolute atomic E-state index is 0.0329. The van der Waals surface area contributed by atoms with Gasteiger partial charge in [-0.15, -0.1) is 0 Å². The first-order valence-electron chi connectivity index (χ1n) is 8.30. The van der Waals surface area contributed by atoms with Crippen molar-refractivity contribution >= 4 is 5.71 Å². The molecule has 0 amide bonds. The summed E-state index contributed by atoms with van der Waals surface area (Å²) in [5, 5.41) is 15.5. The predicted molar refractivity (Wildman–Crippen MR) is 84.8 cm³/mol. The Morgan fingerprint density at radius 1 is 1.32 bits per heavy atom. The molecule has 3 fully saturated rings. The second-order valence-corrected chi connectivity index (χ2v) is 7.59. The van der Waals surface area contributed by atoms with Crippen molar-refractivity contribution in [3.05, 3.63) is 35.9 Å². The van der Waals surface area contributed by atoms with Gasteiger partial charge in [-0.1, -0.05) is 55.8 Å². The van der Waals surface area contributed by atoms with E-state index in [0.29, 0.717) is 5.92 Å². The van der Waals surface area contributed by atoms with Gasteiger partial charge >= 0.3 is 0 Å². The number of benzene rings is 1. The molecule has 1 aromatic carbocycles. The van der Waals surface area contributed by atoms with Crippen LogP contribution in [0, 0.1) is 11.3 Å². The molecule has 0 radical (unpaired) electrons. The summed E-state index contributed by atoms with van der Waals surface area (Å²) in [6.07, 6.45) is 4.69. The van der Waals surface area contributed by atoms with Gasteiger partial charge in [-0.2, -0.15) is 5.06 Å². The van der Waals surface area contributed by atoms with E-state index in [1.165, 1.54) is 19.3 Å². The fourth-order valence-electron chi connectivity index (χ4n) is 5.29. The van der Waals surface area contributed by atoms with Gasteiger partial charge in [0.05, 0.1) is 18.2 Å². The maximum atomic E-state index is 9.67. The van der Waals surface area contributed by atoms with Crippen LogP contribution in [-0.2, 0) is 4.84 Å². The molecule has 4 nitrogen and oxygen atoms in total. The zero-order valence-corrected chi connectivity index (χ0v) is 13.3. The molecule has 1 aromatic rings. The molecule has 118 valence electrons. The van der Waals surface area contributed by atoms with E-state index in [4.69, 9.17) is 4.84 Å². The molecule has 2 heterocycles. The molecule has 4 rings (SSSR count). The number of hydrogen-bond donors (Lipinski definition) is 1. The predicted octanol–water partition coefficient (Wildman–Crippen LogP) is 3.45. The van der Waals surface area contributed by atoms with E-state index in [1.807, 2.05) is 30.3 Å². The first-order valence-corrected chi connectivity index (χ1v) is 8.30. The van der Waals surface area contributed by atoms with Gasteiger partial charge in [-0.3, -0.25) is 4.84 Å². The van der Waals surface area contributed by atoms with Crippen LogP contribution in [0.25, 0.3) is 0 Å². The Labute approximate surface area is 131 Å². The standard InChI is InChI=1S/C18H24N2O2/c1-17(2)11-15(16(19-21)13-7-4-3-5-8-13)20-18(17)10-6-9-14(18)12-22-20/h3-5,7-8,14-15,21H,6,9-12H2,1-2H3/b19-16+/t14-,15+,18-/m0/s1. The highest BCUT2D eigenvalue weighted by molar-refractivity contribution is 6.04. The molecule has 0 aromatic heterocycles. The van der Waals surface area contributed by atoms with Crippen LogP contribution < -0.4 is 0 Å². The van der Waals surface area contributed by atoms with Crippen LogP contribution in [0.15, 0.2) is 35.5 Å². The van der Waals surface area contributed by atoms with Crippen LogP contribution in [0.5, 0.6) is 0 Å². The third-order valence-corrected chi connectivity index (χ3v) is 6.25. The number of rotatable bonds is 2. The average Bonchev–Trinajstić information content (AvgIpc) is 3.12. The minimum atomic E-state index is 0.0329. The fourth-order valence-corrected chi connectivity index (χ4v) is 5.29. The number of oxime groups is 1. The van der Waals surface area contributed by atoms with Crippen molar-refractivity contribution in [2.75, 3.05) is 6.61 Å². The Bertz CT molecular complexity index is 598. The van der Waals surface area contributed by atoms with Gasteiger partial charge in [0.2, 0.25) is 0 Å². The Kier molecular flexibility index (Phi) is 3.10. The number of hydrogen-bond acceptors (Lipinski definition) is 4. The maximum Gasteiger partial charge on any atom is 0.106 e. The van der Waals surface area contributed by atoms with Gasteiger partial charge < -0.3 is 5.21 Å². The van der Waals surface area contributed by atoms with E-state index in [-0.39, 0.29) is 17.0 Å². The van der Waals surface area contributed by atoms with E-state index in [9.17, 15) is 5.21 Å². The first-order chi connectivity index (χ1) is 10.6. The minimum Gasteiger partial charge on any atom is -0.411 e. The summed E-state index contributed by atoms with van der Waals surface area (Å²) in [4.78, 5) is 6.13. The first kappa shape index (κ1) is 14.2. The normalized spacial score (nSPS) is 37.3. The summed E-state index contributed by atoms with van der Waals surface area (Å²) in [5.41, 5.74) is 1.99. The zero-order valence-electron chi connectivity index (χ0n) is 13.3. The third-order valence-electron chi connectivity index (χ3n) is 6.25. The summed E-state index contributed by atoms with van der Waals surface area (Å²) in [6.45, 7) is 5.52. The highest BCUT2D eigenvalue weighted by atomic mass is 16.7. The molecular formula is C18H24N2O2. The molecule has 0 bridgehead atoms. The van der Waals surface area contributed by atoms with Crippen LogP contribution in [0.3, 0.4) is 0 Å². The molecular weight excluding hydrogens is 276 g/mol. The Hall–Kier alpha value is -1.39. The van der Waals surface area contributed by atoms with E-state index >= 15 is 0 Å². The molecule has 0 unspecified atom stereocenters. The van der Waals surface area contributed by atoms with Gasteiger partial charge in [-0.25, -0.2) is 0 Å². The largest absolute Gasteiger partial charge is 0.411 e. The van der Waals surface area contributed by atoms with Crippen molar-refractivity contribution in [2.24, 2.45) is 16.5 Å². The molecule has 22 heavy (non-hydrogen) atoms. The molecule has 2 aliphatic heterocycles. The molecule has 1 aliphatic carbocycles. The Morgan fingerprint density at radius 2 is 2.09 bits per heavy atom. The van der Waals surface area contributed by atoms with E-state index in [2.05, 4.69) is 24.1 Å². The molecule has 4 heteroatoms. The van der Waals surface area contributed by atoms with Gasteiger partial charge in [0.1, 0.15) is 5.71 Å². The van der Waals surface area contributed by atoms with Gasteiger partial charge in [0.15, 0.2) is 0 Å². The zero-order chi connectivity index (χ0) is 15.4. The van der Waals surface area contributed by atoms with E-state index in [1.54, 1.807) is 0 Å². The summed E-state index contributed by atoms with van der Waals surface area (Å²) in [6, 6.07) is 10.0. The topological polar surface area (TPSA) is 45.1 Å². The molecule has 3 atom stereocenters. The highest BCUT2D eigenvalue weighted by Gasteiger charge is 2.67. The highest BCUT2D eigenvalue weighted by Crippen LogP contribution is 2.62. The van der Waals surface area contributed by atoms with Gasteiger partial charge in [0, 0.05) is 11.5 Å². The lowest BCUT2D eigenvalue weighted by Crippen LogP contribution is -2.51. The van der Waals surface area contributed by atoms with Crippen LogP contribution in [-0.4, -0.2) is 34.2 Å². The van der Waals surface area contributed by atoms with Crippen molar-refractivity contribution in [3.8, 4) is 0 Å². The lowest BCUT2D eigenvalue weighted by Gasteiger charge is -2.41. The molecule has 1 N–H and O–H groups in total. The van der Waals surface area contributed by atoms with Crippen LogP contribution in [0.1, 0.15) is 45.1 Å². The third kappa shape index (κ3) is 1.68. The summed E-state index contributed by atoms with van der Waals surface area (Å²) >= 11 is 0. The van der Waals surface area contributed by atoms with Crippen molar-refractivity contribution in [1.29, 1.82) is 0 Å². The fraction of sp³-hybridized carbons (Fsp3) is 0.611. The SMILES string of the molecule is CC1(C)C[C@H](/C(=N/O)c2ccccc2)N2OC[C@@H]3CCC[C@@]321. The monoisotopic (exact) mass is 300 g/mol. The van der Waals surface area contributed by atoms with Crippen LogP contribution in [0.2, 0.25) is 0 Å². The van der Waals surface area contributed by atoms with E-state index in [0.717, 1.165) is 24.3 Å². The van der Waals surface area contributed by atoms with Crippen molar-refractivity contribution in [2.45, 2.75) is 51.1 Å². The average molecular weight is 300 g/mol. The van der Waals surface area contributed by atoms with Gasteiger partial charge in [0.25, 0.3) is 0 Å². The van der Waals surface area contributed by atoms with Crippen molar-refractivity contribution in [1.82, 2.24) is 5.06 Å². The summed E-state index contributed by atoms with van der Waals surface area (Å²) in [5.74, 6) is 0.614. The smallest absolute Gasteiger partial charge is 0.106 e. The Balaban J connectivity index is 1.75. The second-order valence-electron chi connectivity index (χ2n) is 7.59. The second kappa shape index (κ2) is 4.80. The number of nitrogens with zero attached hydrogens (tertiary/aromatic N) is 2. The lowest BCUT2D eigenvalue weighted by atomic mass is 9.68. The van der Waals surface area contributed by atoms with E-state index < -0.39 is 0 Å². The maximum absolute atomic E-state index is 9.67. The quantitative estimate of drug-likeness (QED) is 0.517. The lowest BCUT2D eigenvalue weighted by molar-refractivity contribution is -0.167. The molecule has 3 aliphatic rings.